The van der Waals surface area contributed by atoms with Gasteiger partial charge in [-0.2, -0.15) is 0 Å². The van der Waals surface area contributed by atoms with E-state index in [-0.39, 0.29) is 5.91 Å². The first kappa shape index (κ1) is 19.2. The smallest absolute Gasteiger partial charge is 0.261 e. The number of amides is 1. The van der Waals surface area contributed by atoms with Crippen molar-refractivity contribution in [1.82, 2.24) is 20.2 Å². The second kappa shape index (κ2) is 8.01. The molecule has 3 heterocycles. The molecule has 26 heavy (non-hydrogen) atoms. The Morgan fingerprint density at radius 2 is 1.88 bits per heavy atom. The molecule has 1 saturated heterocycles. The molecule has 6 heteroatoms. The quantitative estimate of drug-likeness (QED) is 0.811. The van der Waals surface area contributed by atoms with E-state index in [4.69, 9.17) is 0 Å². The lowest BCUT2D eigenvalue weighted by atomic mass is 9.92. The highest BCUT2D eigenvalue weighted by Crippen LogP contribution is 2.31. The molecule has 0 aliphatic carbocycles. The third-order valence-electron chi connectivity index (χ3n) is 5.17. The van der Waals surface area contributed by atoms with E-state index in [0.29, 0.717) is 0 Å². The third-order valence-corrected chi connectivity index (χ3v) is 6.35. The van der Waals surface area contributed by atoms with Crippen molar-refractivity contribution in [3.05, 3.63) is 22.0 Å². The van der Waals surface area contributed by atoms with Crippen molar-refractivity contribution in [3.8, 4) is 0 Å². The molecule has 1 aliphatic rings. The number of fused-ring (bicyclic) bond motifs is 1. The fraction of sp³-hybridized carbons (Fsp3) is 0.650. The molecule has 1 aliphatic heterocycles. The number of rotatable bonds is 5. The zero-order valence-electron chi connectivity index (χ0n) is 16.6. The van der Waals surface area contributed by atoms with E-state index in [0.717, 1.165) is 63.5 Å². The van der Waals surface area contributed by atoms with Crippen LogP contribution in [-0.2, 0) is 0 Å². The highest BCUT2D eigenvalue weighted by molar-refractivity contribution is 7.20. The summed E-state index contributed by atoms with van der Waals surface area (Å²) in [5.41, 5.74) is 1.95. The number of nitrogens with zero attached hydrogens (tertiary/aromatic N) is 3. The highest BCUT2D eigenvalue weighted by atomic mass is 32.1. The average Bonchev–Trinajstić information content (AvgIpc) is 2.87. The van der Waals surface area contributed by atoms with E-state index in [1.165, 1.54) is 30.8 Å². The van der Waals surface area contributed by atoms with Gasteiger partial charge in [-0.05, 0) is 57.6 Å². The average molecular weight is 375 g/mol. The molecule has 2 atom stereocenters. The Morgan fingerprint density at radius 3 is 2.58 bits per heavy atom. The molecule has 5 nitrogen and oxygen atoms in total. The number of thiophene rings is 1. The van der Waals surface area contributed by atoms with Crippen LogP contribution < -0.4 is 5.32 Å². The molecular formula is C20H30N4OS. The van der Waals surface area contributed by atoms with Gasteiger partial charge in [-0.15, -0.1) is 11.3 Å². The van der Waals surface area contributed by atoms with Crippen LogP contribution in [0.3, 0.4) is 0 Å². The second-order valence-corrected chi connectivity index (χ2v) is 8.91. The molecule has 2 aromatic rings. The highest BCUT2D eigenvalue weighted by Gasteiger charge is 2.21. The van der Waals surface area contributed by atoms with Crippen molar-refractivity contribution >= 4 is 27.5 Å². The van der Waals surface area contributed by atoms with E-state index < -0.39 is 0 Å². The number of piperidine rings is 1. The molecule has 2 aromatic heterocycles. The molecule has 1 N–H and O–H groups in total. The number of hydrogen-bond acceptors (Lipinski definition) is 5. The topological polar surface area (TPSA) is 58.1 Å². The molecule has 0 radical (unpaired) electrons. The van der Waals surface area contributed by atoms with Gasteiger partial charge in [0.05, 0.1) is 4.88 Å². The number of likely N-dealkylation sites (tertiary alicyclic amines) is 1. The first-order chi connectivity index (χ1) is 12.3. The van der Waals surface area contributed by atoms with E-state index in [2.05, 4.69) is 34.0 Å². The van der Waals surface area contributed by atoms with Crippen LogP contribution in [0.5, 0.6) is 0 Å². The maximum atomic E-state index is 12.6. The van der Waals surface area contributed by atoms with Gasteiger partial charge in [0, 0.05) is 30.7 Å². The van der Waals surface area contributed by atoms with E-state index >= 15 is 0 Å². The molecule has 0 aromatic carbocycles. The number of carbonyl (C=O) groups excluding carboxylic acids is 1. The van der Waals surface area contributed by atoms with Gasteiger partial charge in [-0.3, -0.25) is 4.79 Å². The summed E-state index contributed by atoms with van der Waals surface area (Å²) < 4.78 is 0. The van der Waals surface area contributed by atoms with Crippen molar-refractivity contribution in [3.63, 3.8) is 0 Å². The zero-order valence-corrected chi connectivity index (χ0v) is 17.4. The van der Waals surface area contributed by atoms with Crippen LogP contribution in [0.15, 0.2) is 0 Å². The number of carbonyl (C=O) groups is 1. The fourth-order valence-electron chi connectivity index (χ4n) is 4.25. The Hall–Kier alpha value is -1.53. The minimum Gasteiger partial charge on any atom is -0.351 e. The lowest BCUT2D eigenvalue weighted by Gasteiger charge is -2.34. The van der Waals surface area contributed by atoms with Crippen LogP contribution in [0.25, 0.3) is 10.2 Å². The number of aromatic nitrogens is 2. The van der Waals surface area contributed by atoms with Crippen molar-refractivity contribution < 1.29 is 4.79 Å². The van der Waals surface area contributed by atoms with Crippen LogP contribution in [-0.4, -0.2) is 47.0 Å². The summed E-state index contributed by atoms with van der Waals surface area (Å²) in [6, 6.07) is 0. The zero-order chi connectivity index (χ0) is 18.8. The van der Waals surface area contributed by atoms with Gasteiger partial charge >= 0.3 is 0 Å². The van der Waals surface area contributed by atoms with Crippen molar-refractivity contribution in [2.45, 2.75) is 47.5 Å². The standard InChI is InChI=1S/C20H30N4OS/c1-12-9-13(2)11-24(10-12)8-6-7-21-19(25)18-14(3)17-15(4)22-16(5)23-20(17)26-18/h12-13H,6-11H2,1-5H3,(H,21,25). The van der Waals surface area contributed by atoms with Gasteiger partial charge in [-0.25, -0.2) is 9.97 Å². The van der Waals surface area contributed by atoms with E-state index in [1.807, 2.05) is 20.8 Å². The molecule has 142 valence electrons. The summed E-state index contributed by atoms with van der Waals surface area (Å²) >= 11 is 1.47. The SMILES string of the molecule is Cc1nc(C)c2c(C)c(C(=O)NCCCN3CC(C)CC(C)C3)sc2n1. The van der Waals surface area contributed by atoms with Gasteiger partial charge < -0.3 is 10.2 Å². The molecular weight excluding hydrogens is 344 g/mol. The molecule has 2 unspecified atom stereocenters. The monoisotopic (exact) mass is 374 g/mol. The Kier molecular flexibility index (Phi) is 5.92. The molecule has 3 rings (SSSR count). The minimum atomic E-state index is 0.0166. The molecule has 1 fully saturated rings. The summed E-state index contributed by atoms with van der Waals surface area (Å²) in [4.78, 5) is 25.8. The van der Waals surface area contributed by atoms with Gasteiger partial charge in [0.25, 0.3) is 5.91 Å². The summed E-state index contributed by atoms with van der Waals surface area (Å²) in [5.74, 6) is 2.33. The first-order valence-electron chi connectivity index (χ1n) is 9.60. The number of aryl methyl sites for hydroxylation is 3. The van der Waals surface area contributed by atoms with Crippen LogP contribution in [0.1, 0.15) is 53.4 Å². The van der Waals surface area contributed by atoms with Crippen LogP contribution in [0.2, 0.25) is 0 Å². The molecule has 0 spiro atoms. The molecule has 0 saturated carbocycles. The lowest BCUT2D eigenvalue weighted by Crippen LogP contribution is -2.40. The summed E-state index contributed by atoms with van der Waals surface area (Å²) in [6.07, 6.45) is 2.33. The number of hydrogen-bond donors (Lipinski definition) is 1. The minimum absolute atomic E-state index is 0.0166. The second-order valence-electron chi connectivity index (χ2n) is 7.91. The molecule has 0 bridgehead atoms. The van der Waals surface area contributed by atoms with Gasteiger partial charge in [-0.1, -0.05) is 13.8 Å². The largest absolute Gasteiger partial charge is 0.351 e. The summed E-state index contributed by atoms with van der Waals surface area (Å²) in [6.45, 7) is 14.7. The van der Waals surface area contributed by atoms with Gasteiger partial charge in [0.15, 0.2) is 0 Å². The van der Waals surface area contributed by atoms with Crippen molar-refractivity contribution in [1.29, 1.82) is 0 Å². The van der Waals surface area contributed by atoms with Crippen molar-refractivity contribution in [2.75, 3.05) is 26.2 Å². The Morgan fingerprint density at radius 1 is 1.19 bits per heavy atom. The van der Waals surface area contributed by atoms with Crippen molar-refractivity contribution in [2.24, 2.45) is 11.8 Å². The predicted octanol–water partition coefficient (Wildman–Crippen LogP) is 3.71. The predicted molar refractivity (Wildman–Crippen MR) is 108 cm³/mol. The summed E-state index contributed by atoms with van der Waals surface area (Å²) in [7, 11) is 0. The maximum Gasteiger partial charge on any atom is 0.261 e. The Labute approximate surface area is 160 Å². The van der Waals surface area contributed by atoms with Gasteiger partial charge in [0.2, 0.25) is 0 Å². The number of nitrogens with one attached hydrogen (secondary N) is 1. The summed E-state index contributed by atoms with van der Waals surface area (Å²) in [5, 5.41) is 4.12. The third kappa shape index (κ3) is 4.23. The first-order valence-corrected chi connectivity index (χ1v) is 10.4. The van der Waals surface area contributed by atoms with Crippen LogP contribution in [0, 0.1) is 32.6 Å². The Balaban J connectivity index is 1.56. The van der Waals surface area contributed by atoms with Crippen LogP contribution in [0.4, 0.5) is 0 Å². The van der Waals surface area contributed by atoms with E-state index in [1.54, 1.807) is 0 Å². The van der Waals surface area contributed by atoms with E-state index in [9.17, 15) is 4.79 Å². The Bertz CT molecular complexity index is 791. The van der Waals surface area contributed by atoms with Crippen LogP contribution >= 0.6 is 11.3 Å². The lowest BCUT2D eigenvalue weighted by molar-refractivity contribution is 0.0951. The maximum absolute atomic E-state index is 12.6. The fourth-order valence-corrected chi connectivity index (χ4v) is 5.44. The normalized spacial score (nSPS) is 21.3. The molecule has 1 amide bonds. The van der Waals surface area contributed by atoms with Gasteiger partial charge in [0.1, 0.15) is 10.7 Å².